The lowest BCUT2D eigenvalue weighted by Gasteiger charge is -2.22. The molecule has 16 heavy (non-hydrogen) atoms. The van der Waals surface area contributed by atoms with Crippen LogP contribution in [0.15, 0.2) is 4.99 Å². The van der Waals surface area contributed by atoms with Gasteiger partial charge in [0.2, 0.25) is 0 Å². The molecule has 2 heterocycles. The summed E-state index contributed by atoms with van der Waals surface area (Å²) < 4.78 is 48.2. The van der Waals surface area contributed by atoms with Crippen molar-refractivity contribution in [2.75, 3.05) is 13.2 Å². The Labute approximate surface area is 90.6 Å². The second-order valence-corrected chi connectivity index (χ2v) is 3.95. The normalized spacial score (nSPS) is 32.1. The van der Waals surface area contributed by atoms with Crippen molar-refractivity contribution in [3.05, 3.63) is 0 Å². The molecule has 2 aliphatic heterocycles. The molecular formula is C9H13F3N2O2. The molecule has 0 bridgehead atoms. The van der Waals surface area contributed by atoms with E-state index >= 15 is 0 Å². The predicted octanol–water partition coefficient (Wildman–Crippen LogP) is 1.06. The van der Waals surface area contributed by atoms with Crippen LogP contribution in [0.25, 0.3) is 0 Å². The Kier molecular flexibility index (Phi) is 3.07. The van der Waals surface area contributed by atoms with Crippen LogP contribution in [0.1, 0.15) is 12.8 Å². The Morgan fingerprint density at radius 2 is 1.94 bits per heavy atom. The third kappa shape index (κ3) is 2.46. The minimum Gasteiger partial charge on any atom is -0.387 e. The van der Waals surface area contributed by atoms with Gasteiger partial charge < -0.3 is 15.2 Å². The van der Waals surface area contributed by atoms with E-state index in [-0.39, 0.29) is 18.7 Å². The van der Waals surface area contributed by atoms with Crippen LogP contribution in [0.4, 0.5) is 13.2 Å². The molecule has 1 saturated heterocycles. The van der Waals surface area contributed by atoms with Gasteiger partial charge in [-0.1, -0.05) is 0 Å². The SMILES string of the molecule is NC1=N[C@H](CC2OCCO2)C(C(F)(F)F)C1. The predicted molar refractivity (Wildman–Crippen MR) is 49.9 cm³/mol. The smallest absolute Gasteiger partial charge is 0.387 e. The quantitative estimate of drug-likeness (QED) is 0.782. The van der Waals surface area contributed by atoms with Crippen molar-refractivity contribution in [3.8, 4) is 0 Å². The molecule has 4 nitrogen and oxygen atoms in total. The topological polar surface area (TPSA) is 56.8 Å². The lowest BCUT2D eigenvalue weighted by atomic mass is 9.96. The van der Waals surface area contributed by atoms with E-state index in [0.717, 1.165) is 0 Å². The van der Waals surface area contributed by atoms with E-state index in [1.54, 1.807) is 0 Å². The largest absolute Gasteiger partial charge is 0.394 e. The maximum Gasteiger partial charge on any atom is 0.394 e. The molecule has 2 N–H and O–H groups in total. The Balaban J connectivity index is 1.99. The molecule has 0 amide bonds. The molecule has 92 valence electrons. The van der Waals surface area contributed by atoms with E-state index in [4.69, 9.17) is 15.2 Å². The van der Waals surface area contributed by atoms with E-state index < -0.39 is 24.4 Å². The van der Waals surface area contributed by atoms with Gasteiger partial charge in [-0.3, -0.25) is 4.99 Å². The van der Waals surface area contributed by atoms with Crippen LogP contribution in [0, 0.1) is 5.92 Å². The van der Waals surface area contributed by atoms with Gasteiger partial charge in [-0.25, -0.2) is 0 Å². The van der Waals surface area contributed by atoms with Crippen molar-refractivity contribution in [1.82, 2.24) is 0 Å². The summed E-state index contributed by atoms with van der Waals surface area (Å²) in [6.45, 7) is 0.848. The molecule has 0 aromatic rings. The minimum absolute atomic E-state index is 0.0605. The molecule has 0 aromatic carbocycles. The van der Waals surface area contributed by atoms with Crippen molar-refractivity contribution < 1.29 is 22.6 Å². The van der Waals surface area contributed by atoms with E-state index in [9.17, 15) is 13.2 Å². The summed E-state index contributed by atoms with van der Waals surface area (Å²) in [5.74, 6) is -1.44. The summed E-state index contributed by atoms with van der Waals surface area (Å²) in [4.78, 5) is 3.81. The van der Waals surface area contributed by atoms with E-state index in [2.05, 4.69) is 4.99 Å². The number of aliphatic imine (C=N–C) groups is 1. The van der Waals surface area contributed by atoms with Crippen LogP contribution >= 0.6 is 0 Å². The highest BCUT2D eigenvalue weighted by Crippen LogP contribution is 2.38. The zero-order valence-corrected chi connectivity index (χ0v) is 8.54. The van der Waals surface area contributed by atoms with E-state index in [1.165, 1.54) is 0 Å². The van der Waals surface area contributed by atoms with Gasteiger partial charge in [0.15, 0.2) is 6.29 Å². The summed E-state index contributed by atoms with van der Waals surface area (Å²) in [6, 6.07) is -0.872. The number of nitrogens with zero attached hydrogens (tertiary/aromatic N) is 1. The molecule has 1 unspecified atom stereocenters. The number of rotatable bonds is 2. The summed E-state index contributed by atoms with van der Waals surface area (Å²) in [5, 5.41) is 0. The molecule has 0 spiro atoms. The van der Waals surface area contributed by atoms with Crippen LogP contribution in [0.5, 0.6) is 0 Å². The highest BCUT2D eigenvalue weighted by molar-refractivity contribution is 5.82. The number of hydrogen-bond donors (Lipinski definition) is 1. The van der Waals surface area contributed by atoms with Crippen LogP contribution in [0.2, 0.25) is 0 Å². The lowest BCUT2D eigenvalue weighted by Crippen LogP contribution is -2.33. The van der Waals surface area contributed by atoms with E-state index in [0.29, 0.717) is 13.2 Å². The first kappa shape index (κ1) is 11.7. The van der Waals surface area contributed by atoms with Crippen molar-refractivity contribution in [3.63, 3.8) is 0 Å². The Morgan fingerprint density at radius 1 is 1.31 bits per heavy atom. The molecule has 7 heteroatoms. The number of halogens is 3. The Morgan fingerprint density at radius 3 is 2.50 bits per heavy atom. The summed E-state index contributed by atoms with van der Waals surface area (Å²) in [5.41, 5.74) is 5.35. The first-order valence-electron chi connectivity index (χ1n) is 5.09. The number of alkyl halides is 3. The fourth-order valence-corrected chi connectivity index (χ4v) is 2.01. The third-order valence-corrected chi connectivity index (χ3v) is 2.77. The molecule has 0 saturated carbocycles. The summed E-state index contributed by atoms with van der Waals surface area (Å²) in [6.07, 6.45) is -4.95. The van der Waals surface area contributed by atoms with Gasteiger partial charge in [0.25, 0.3) is 0 Å². The highest BCUT2D eigenvalue weighted by Gasteiger charge is 2.48. The van der Waals surface area contributed by atoms with Gasteiger partial charge in [-0.2, -0.15) is 13.2 Å². The summed E-state index contributed by atoms with van der Waals surface area (Å²) >= 11 is 0. The second-order valence-electron chi connectivity index (χ2n) is 3.95. The van der Waals surface area contributed by atoms with E-state index in [1.807, 2.05) is 0 Å². The minimum atomic E-state index is -4.27. The average molecular weight is 238 g/mol. The standard InChI is InChI=1S/C9H13F3N2O2/c10-9(11,12)5-3-7(13)14-6(5)4-8-15-1-2-16-8/h5-6,8H,1-4H2,(H2,13,14)/t5?,6-/m1/s1. The van der Waals surface area contributed by atoms with Crippen LogP contribution in [0.3, 0.4) is 0 Å². The van der Waals surface area contributed by atoms with Gasteiger partial charge in [-0.15, -0.1) is 0 Å². The maximum atomic E-state index is 12.6. The average Bonchev–Trinajstić information content (AvgIpc) is 2.74. The van der Waals surface area contributed by atoms with Gasteiger partial charge in [0.1, 0.15) is 0 Å². The van der Waals surface area contributed by atoms with Crippen LogP contribution < -0.4 is 5.73 Å². The van der Waals surface area contributed by atoms with Crippen LogP contribution in [-0.4, -0.2) is 37.6 Å². The number of nitrogens with two attached hydrogens (primary N) is 1. The van der Waals surface area contributed by atoms with Gasteiger partial charge in [0, 0.05) is 12.8 Å². The van der Waals surface area contributed by atoms with Crippen molar-refractivity contribution in [2.24, 2.45) is 16.6 Å². The molecule has 1 fully saturated rings. The molecule has 2 aliphatic rings. The Hall–Kier alpha value is -0.820. The molecule has 2 rings (SSSR count). The molecule has 0 aromatic heterocycles. The number of ether oxygens (including phenoxy) is 2. The molecule has 0 radical (unpaired) electrons. The van der Waals surface area contributed by atoms with Gasteiger partial charge >= 0.3 is 6.18 Å². The first-order chi connectivity index (χ1) is 7.47. The van der Waals surface area contributed by atoms with Gasteiger partial charge in [-0.05, 0) is 0 Å². The monoisotopic (exact) mass is 238 g/mol. The maximum absolute atomic E-state index is 12.6. The fraction of sp³-hybridized carbons (Fsp3) is 0.889. The van der Waals surface area contributed by atoms with Gasteiger partial charge in [0.05, 0.1) is 31.0 Å². The lowest BCUT2D eigenvalue weighted by molar-refractivity contribution is -0.180. The fourth-order valence-electron chi connectivity index (χ4n) is 2.01. The highest BCUT2D eigenvalue weighted by atomic mass is 19.4. The molecule has 2 atom stereocenters. The summed E-state index contributed by atoms with van der Waals surface area (Å²) in [7, 11) is 0. The van der Waals surface area contributed by atoms with Crippen molar-refractivity contribution in [2.45, 2.75) is 31.3 Å². The van der Waals surface area contributed by atoms with Crippen LogP contribution in [-0.2, 0) is 9.47 Å². The third-order valence-electron chi connectivity index (χ3n) is 2.77. The molecule has 0 aliphatic carbocycles. The zero-order valence-electron chi connectivity index (χ0n) is 8.54. The Bertz CT molecular complexity index is 287. The first-order valence-corrected chi connectivity index (χ1v) is 5.09. The second kappa shape index (κ2) is 4.21. The van der Waals surface area contributed by atoms with Crippen molar-refractivity contribution in [1.29, 1.82) is 0 Å². The molecular weight excluding hydrogens is 225 g/mol. The number of amidine groups is 1. The zero-order chi connectivity index (χ0) is 11.8. The number of hydrogen-bond acceptors (Lipinski definition) is 4. The van der Waals surface area contributed by atoms with Crippen molar-refractivity contribution >= 4 is 5.84 Å².